The molecule has 0 bridgehead atoms. The molecular weight excluding hydrogens is 292 g/mol. The van der Waals surface area contributed by atoms with E-state index in [-0.39, 0.29) is 5.91 Å². The molecule has 0 saturated carbocycles. The zero-order chi connectivity index (χ0) is 16.0. The number of hydrogen-bond donors (Lipinski definition) is 0. The van der Waals surface area contributed by atoms with Crippen LogP contribution in [0.5, 0.6) is 0 Å². The highest BCUT2D eigenvalue weighted by molar-refractivity contribution is 6.09. The summed E-state index contributed by atoms with van der Waals surface area (Å²) in [5.74, 6) is 1.46. The largest absolute Gasteiger partial charge is 0.341 e. The standard InChI is InChI=1S/C16H20N6O/c1-11-3-5-21(6-4-11)16-17-8-13-14(19-16)10-22(15(13)23)12-7-18-20(2)9-12/h7-9,11H,3-6,10H2,1-2H3. The summed E-state index contributed by atoms with van der Waals surface area (Å²) < 4.78 is 1.69. The van der Waals surface area contributed by atoms with Crippen LogP contribution in [0.25, 0.3) is 0 Å². The van der Waals surface area contributed by atoms with E-state index >= 15 is 0 Å². The smallest absolute Gasteiger partial charge is 0.262 e. The minimum Gasteiger partial charge on any atom is -0.341 e. The Morgan fingerprint density at radius 2 is 2.00 bits per heavy atom. The first kappa shape index (κ1) is 14.2. The van der Waals surface area contributed by atoms with Crippen molar-refractivity contribution >= 4 is 17.5 Å². The molecule has 120 valence electrons. The lowest BCUT2D eigenvalue weighted by molar-refractivity contribution is 0.0996. The highest BCUT2D eigenvalue weighted by atomic mass is 16.2. The van der Waals surface area contributed by atoms with Gasteiger partial charge >= 0.3 is 0 Å². The average molecular weight is 312 g/mol. The molecule has 0 atom stereocenters. The van der Waals surface area contributed by atoms with E-state index in [1.165, 1.54) is 12.8 Å². The summed E-state index contributed by atoms with van der Waals surface area (Å²) in [5, 5.41) is 4.14. The van der Waals surface area contributed by atoms with Crippen LogP contribution in [0.1, 0.15) is 35.8 Å². The predicted octanol–water partition coefficient (Wildman–Crippen LogP) is 1.61. The third-order valence-corrected chi connectivity index (χ3v) is 4.71. The zero-order valence-corrected chi connectivity index (χ0v) is 13.4. The van der Waals surface area contributed by atoms with Gasteiger partial charge in [0.05, 0.1) is 29.7 Å². The van der Waals surface area contributed by atoms with Crippen LogP contribution in [-0.4, -0.2) is 38.7 Å². The number of aromatic nitrogens is 4. The number of fused-ring (bicyclic) bond motifs is 1. The summed E-state index contributed by atoms with van der Waals surface area (Å²) >= 11 is 0. The van der Waals surface area contributed by atoms with Crippen molar-refractivity contribution in [2.24, 2.45) is 13.0 Å². The zero-order valence-electron chi connectivity index (χ0n) is 13.4. The topological polar surface area (TPSA) is 67.2 Å². The van der Waals surface area contributed by atoms with Crippen LogP contribution >= 0.6 is 0 Å². The Morgan fingerprint density at radius 1 is 1.22 bits per heavy atom. The van der Waals surface area contributed by atoms with E-state index in [1.807, 2.05) is 13.2 Å². The Labute approximate surface area is 134 Å². The van der Waals surface area contributed by atoms with Gasteiger partial charge in [0.1, 0.15) is 0 Å². The number of aryl methyl sites for hydroxylation is 1. The third kappa shape index (κ3) is 2.46. The van der Waals surface area contributed by atoms with E-state index < -0.39 is 0 Å². The number of amides is 1. The quantitative estimate of drug-likeness (QED) is 0.843. The van der Waals surface area contributed by atoms with Crippen LogP contribution in [0, 0.1) is 5.92 Å². The number of hydrogen-bond acceptors (Lipinski definition) is 5. The first-order chi connectivity index (χ1) is 11.1. The first-order valence-corrected chi connectivity index (χ1v) is 8.03. The first-order valence-electron chi connectivity index (χ1n) is 8.03. The molecule has 0 aliphatic carbocycles. The monoisotopic (exact) mass is 312 g/mol. The third-order valence-electron chi connectivity index (χ3n) is 4.71. The Hall–Kier alpha value is -2.44. The van der Waals surface area contributed by atoms with Crippen LogP contribution in [-0.2, 0) is 13.6 Å². The lowest BCUT2D eigenvalue weighted by atomic mass is 10.00. The van der Waals surface area contributed by atoms with Crippen LogP contribution in [0.2, 0.25) is 0 Å². The van der Waals surface area contributed by atoms with Gasteiger partial charge in [-0.15, -0.1) is 0 Å². The molecular formula is C16H20N6O. The van der Waals surface area contributed by atoms with Crippen molar-refractivity contribution in [3.63, 3.8) is 0 Å². The van der Waals surface area contributed by atoms with Gasteiger partial charge in [0.15, 0.2) is 0 Å². The number of carbonyl (C=O) groups is 1. The van der Waals surface area contributed by atoms with Crippen LogP contribution in [0.3, 0.4) is 0 Å². The molecule has 4 rings (SSSR count). The molecule has 1 saturated heterocycles. The fourth-order valence-corrected chi connectivity index (χ4v) is 3.19. The Balaban J connectivity index is 1.59. The van der Waals surface area contributed by atoms with Gasteiger partial charge in [-0.3, -0.25) is 14.4 Å². The second-order valence-corrected chi connectivity index (χ2v) is 6.46. The molecule has 4 heterocycles. The molecule has 2 aromatic heterocycles. The molecule has 7 heteroatoms. The molecule has 1 amide bonds. The summed E-state index contributed by atoms with van der Waals surface area (Å²) in [6, 6.07) is 0. The maximum absolute atomic E-state index is 12.5. The van der Waals surface area contributed by atoms with E-state index in [9.17, 15) is 4.79 Å². The van der Waals surface area contributed by atoms with Gasteiger partial charge in [0.2, 0.25) is 5.95 Å². The normalized spacial score (nSPS) is 18.6. The van der Waals surface area contributed by atoms with Crippen molar-refractivity contribution in [1.82, 2.24) is 19.7 Å². The predicted molar refractivity (Wildman–Crippen MR) is 86.4 cm³/mol. The summed E-state index contributed by atoms with van der Waals surface area (Å²) in [5.41, 5.74) is 2.20. The molecule has 1 fully saturated rings. The van der Waals surface area contributed by atoms with Crippen molar-refractivity contribution in [2.45, 2.75) is 26.3 Å². The molecule has 2 aliphatic heterocycles. The van der Waals surface area contributed by atoms with Crippen molar-refractivity contribution in [2.75, 3.05) is 22.9 Å². The van der Waals surface area contributed by atoms with E-state index in [2.05, 4.69) is 26.9 Å². The number of rotatable bonds is 2. The molecule has 7 nitrogen and oxygen atoms in total. The number of piperidine rings is 1. The lowest BCUT2D eigenvalue weighted by Crippen LogP contribution is -2.34. The van der Waals surface area contributed by atoms with Gasteiger partial charge in [0.25, 0.3) is 5.91 Å². The molecule has 23 heavy (non-hydrogen) atoms. The van der Waals surface area contributed by atoms with E-state index in [4.69, 9.17) is 0 Å². The summed E-state index contributed by atoms with van der Waals surface area (Å²) in [6.07, 6.45) is 7.55. The number of carbonyl (C=O) groups excluding carboxylic acids is 1. The van der Waals surface area contributed by atoms with Gasteiger partial charge in [0, 0.05) is 32.5 Å². The van der Waals surface area contributed by atoms with Crippen molar-refractivity contribution in [3.05, 3.63) is 29.8 Å². The van der Waals surface area contributed by atoms with Gasteiger partial charge < -0.3 is 4.90 Å². The minimum absolute atomic E-state index is 0.0492. The van der Waals surface area contributed by atoms with Crippen LogP contribution in [0.15, 0.2) is 18.6 Å². The number of nitrogens with zero attached hydrogens (tertiary/aromatic N) is 6. The molecule has 0 radical (unpaired) electrons. The summed E-state index contributed by atoms with van der Waals surface area (Å²) in [7, 11) is 1.84. The van der Waals surface area contributed by atoms with Crippen molar-refractivity contribution in [3.8, 4) is 0 Å². The number of anilines is 2. The van der Waals surface area contributed by atoms with Gasteiger partial charge in [-0.05, 0) is 18.8 Å². The lowest BCUT2D eigenvalue weighted by Gasteiger charge is -2.30. The Morgan fingerprint density at radius 3 is 2.70 bits per heavy atom. The fraction of sp³-hybridized carbons (Fsp3) is 0.500. The Kier molecular flexibility index (Phi) is 3.28. The SMILES string of the molecule is CC1CCN(c2ncc3c(n2)CN(c2cnn(C)c2)C3=O)CC1. The molecule has 0 N–H and O–H groups in total. The van der Waals surface area contributed by atoms with Gasteiger partial charge in [-0.25, -0.2) is 9.97 Å². The molecule has 0 unspecified atom stereocenters. The van der Waals surface area contributed by atoms with Crippen LogP contribution in [0.4, 0.5) is 11.6 Å². The maximum Gasteiger partial charge on any atom is 0.262 e. The van der Waals surface area contributed by atoms with E-state index in [1.54, 1.807) is 22.0 Å². The van der Waals surface area contributed by atoms with Gasteiger partial charge in [-0.1, -0.05) is 6.92 Å². The molecule has 0 spiro atoms. The second kappa shape index (κ2) is 5.33. The second-order valence-electron chi connectivity index (χ2n) is 6.46. The van der Waals surface area contributed by atoms with E-state index in [0.717, 1.165) is 36.3 Å². The highest BCUT2D eigenvalue weighted by Gasteiger charge is 2.32. The average Bonchev–Trinajstić information content (AvgIpc) is 3.11. The maximum atomic E-state index is 12.5. The molecule has 2 aromatic rings. The van der Waals surface area contributed by atoms with Crippen LogP contribution < -0.4 is 9.80 Å². The fourth-order valence-electron chi connectivity index (χ4n) is 3.19. The summed E-state index contributed by atoms with van der Waals surface area (Å²) in [6.45, 7) is 4.74. The highest BCUT2D eigenvalue weighted by Crippen LogP contribution is 2.28. The molecule has 0 aromatic carbocycles. The minimum atomic E-state index is -0.0492. The van der Waals surface area contributed by atoms with Gasteiger partial charge in [-0.2, -0.15) is 5.10 Å². The van der Waals surface area contributed by atoms with Crippen molar-refractivity contribution < 1.29 is 4.79 Å². The molecule has 2 aliphatic rings. The van der Waals surface area contributed by atoms with Crippen molar-refractivity contribution in [1.29, 1.82) is 0 Å². The van der Waals surface area contributed by atoms with E-state index in [0.29, 0.717) is 12.1 Å². The summed E-state index contributed by atoms with van der Waals surface area (Å²) in [4.78, 5) is 25.5. The Bertz CT molecular complexity index is 747.